The molecule has 3 aromatic carbocycles. The summed E-state index contributed by atoms with van der Waals surface area (Å²) in [4.78, 5) is 34.7. The van der Waals surface area contributed by atoms with Gasteiger partial charge in [-0.25, -0.2) is 9.59 Å². The van der Waals surface area contributed by atoms with E-state index in [4.69, 9.17) is 19.3 Å². The SMILES string of the molecule is C=C(CCCCCCCCCOc1ccc(C(=O)Oc2ccc(-c3ccc(OCCCC)cc3)cc2[N+](=O)[O-])cc1)C(=O)O. The average Bonchev–Trinajstić information content (AvgIpc) is 3.02. The van der Waals surface area contributed by atoms with Crippen molar-refractivity contribution < 1.29 is 33.8 Å². The lowest BCUT2D eigenvalue weighted by molar-refractivity contribution is -0.385. The molecule has 1 N–H and O–H groups in total. The minimum atomic E-state index is -0.918. The zero-order valence-corrected chi connectivity index (χ0v) is 25.3. The quantitative estimate of drug-likeness (QED) is 0.0339. The summed E-state index contributed by atoms with van der Waals surface area (Å²) in [6, 6.07) is 18.3. The maximum Gasteiger partial charge on any atom is 0.343 e. The number of carboxylic acid groups (broad SMARTS) is 1. The highest BCUT2D eigenvalue weighted by Crippen LogP contribution is 2.33. The molecule has 0 fully saturated rings. The molecule has 3 rings (SSSR count). The minimum absolute atomic E-state index is 0.130. The monoisotopic (exact) mass is 603 g/mol. The van der Waals surface area contributed by atoms with Gasteiger partial charge in [-0.2, -0.15) is 0 Å². The van der Waals surface area contributed by atoms with Gasteiger partial charge in [0, 0.05) is 11.6 Å². The fraction of sp³-hybridized carbons (Fsp3) is 0.371. The average molecular weight is 604 g/mol. The molecule has 0 saturated heterocycles. The number of nitrogens with zero attached hydrogens (tertiary/aromatic N) is 1. The number of unbranched alkanes of at least 4 members (excludes halogenated alkanes) is 7. The number of carbonyl (C=O) groups is 2. The first-order valence-electron chi connectivity index (χ1n) is 15.2. The molecule has 9 heteroatoms. The van der Waals surface area contributed by atoms with Gasteiger partial charge < -0.3 is 19.3 Å². The summed E-state index contributed by atoms with van der Waals surface area (Å²) in [6.07, 6.45) is 9.58. The van der Waals surface area contributed by atoms with Crippen molar-refractivity contribution in [3.05, 3.63) is 94.6 Å². The van der Waals surface area contributed by atoms with E-state index >= 15 is 0 Å². The van der Waals surface area contributed by atoms with Crippen molar-refractivity contribution in [1.29, 1.82) is 0 Å². The fourth-order valence-electron chi connectivity index (χ4n) is 4.47. The summed E-state index contributed by atoms with van der Waals surface area (Å²) in [5.41, 5.74) is 1.62. The van der Waals surface area contributed by atoms with Gasteiger partial charge in [0.15, 0.2) is 0 Å². The van der Waals surface area contributed by atoms with Crippen molar-refractivity contribution in [2.75, 3.05) is 13.2 Å². The number of ether oxygens (including phenoxy) is 3. The Bertz CT molecular complexity index is 1380. The predicted molar refractivity (Wildman–Crippen MR) is 170 cm³/mol. The Labute approximate surface area is 258 Å². The molecule has 0 aromatic heterocycles. The normalized spacial score (nSPS) is 10.7. The fourth-order valence-corrected chi connectivity index (χ4v) is 4.47. The van der Waals surface area contributed by atoms with E-state index in [1.54, 1.807) is 30.3 Å². The van der Waals surface area contributed by atoms with Gasteiger partial charge in [-0.05, 0) is 79.3 Å². The molecule has 0 atom stereocenters. The van der Waals surface area contributed by atoms with Crippen LogP contribution in [-0.4, -0.2) is 35.2 Å². The lowest BCUT2D eigenvalue weighted by atomic mass is 10.0. The first-order valence-corrected chi connectivity index (χ1v) is 15.2. The van der Waals surface area contributed by atoms with E-state index in [1.165, 1.54) is 12.1 Å². The van der Waals surface area contributed by atoms with E-state index in [1.807, 2.05) is 24.3 Å². The Hall–Kier alpha value is -4.66. The van der Waals surface area contributed by atoms with Crippen LogP contribution in [0, 0.1) is 10.1 Å². The van der Waals surface area contributed by atoms with Gasteiger partial charge in [0.05, 0.1) is 23.7 Å². The van der Waals surface area contributed by atoms with E-state index in [2.05, 4.69) is 13.5 Å². The van der Waals surface area contributed by atoms with E-state index in [9.17, 15) is 19.7 Å². The number of nitro groups is 1. The van der Waals surface area contributed by atoms with Crippen LogP contribution in [0.25, 0.3) is 11.1 Å². The highest BCUT2D eigenvalue weighted by atomic mass is 16.6. The number of hydrogen-bond donors (Lipinski definition) is 1. The number of carbonyl (C=O) groups excluding carboxylic acids is 1. The molecule has 0 saturated carbocycles. The van der Waals surface area contributed by atoms with Crippen LogP contribution in [-0.2, 0) is 4.79 Å². The third-order valence-electron chi connectivity index (χ3n) is 7.10. The largest absolute Gasteiger partial charge is 0.494 e. The van der Waals surface area contributed by atoms with Crippen LogP contribution >= 0.6 is 0 Å². The van der Waals surface area contributed by atoms with E-state index < -0.39 is 16.9 Å². The molecule has 0 unspecified atom stereocenters. The lowest BCUT2D eigenvalue weighted by Crippen LogP contribution is -2.10. The molecule has 0 aliphatic heterocycles. The second kappa shape index (κ2) is 18.1. The maximum absolute atomic E-state index is 12.8. The van der Waals surface area contributed by atoms with Gasteiger partial charge >= 0.3 is 17.6 Å². The molecule has 234 valence electrons. The van der Waals surface area contributed by atoms with Crippen LogP contribution in [0.15, 0.2) is 78.9 Å². The summed E-state index contributed by atoms with van der Waals surface area (Å²) >= 11 is 0. The first kappa shape index (κ1) is 33.8. The number of hydrogen-bond acceptors (Lipinski definition) is 7. The van der Waals surface area contributed by atoms with Crippen LogP contribution < -0.4 is 14.2 Å². The molecule has 0 aliphatic rings. The van der Waals surface area contributed by atoms with Gasteiger partial charge in [-0.15, -0.1) is 0 Å². The number of carboxylic acids is 1. The Morgan fingerprint density at radius 1 is 0.773 bits per heavy atom. The Morgan fingerprint density at radius 2 is 1.32 bits per heavy atom. The Kier molecular flexibility index (Phi) is 13.9. The molecule has 0 radical (unpaired) electrons. The number of rotatable bonds is 20. The van der Waals surface area contributed by atoms with Crippen molar-refractivity contribution >= 4 is 17.6 Å². The summed E-state index contributed by atoms with van der Waals surface area (Å²) in [5.74, 6) is -0.389. The summed E-state index contributed by atoms with van der Waals surface area (Å²) in [6.45, 7) is 6.82. The van der Waals surface area contributed by atoms with Crippen LogP contribution in [0.2, 0.25) is 0 Å². The smallest absolute Gasteiger partial charge is 0.343 e. The molecule has 0 spiro atoms. The van der Waals surface area contributed by atoms with E-state index in [0.29, 0.717) is 30.9 Å². The van der Waals surface area contributed by atoms with Crippen molar-refractivity contribution in [2.24, 2.45) is 0 Å². The number of aliphatic carboxylic acids is 1. The highest BCUT2D eigenvalue weighted by Gasteiger charge is 2.20. The standard InChI is InChI=1S/C35H41NO8/c1-3-4-23-42-30-18-13-27(14-19-30)29-17-22-33(32(25-29)36(40)41)44-35(39)28-15-20-31(21-16-28)43-24-11-9-7-5-6-8-10-12-26(2)34(37)38/h13-22,25H,2-12,23-24H2,1H3,(H,37,38). The van der Waals surface area contributed by atoms with Crippen LogP contribution in [0.4, 0.5) is 5.69 Å². The van der Waals surface area contributed by atoms with Gasteiger partial charge in [0.2, 0.25) is 5.75 Å². The second-order valence-corrected chi connectivity index (χ2v) is 10.6. The Morgan fingerprint density at radius 3 is 1.91 bits per heavy atom. The Balaban J connectivity index is 1.43. The summed E-state index contributed by atoms with van der Waals surface area (Å²) in [5, 5.41) is 20.6. The first-order chi connectivity index (χ1) is 21.3. The van der Waals surface area contributed by atoms with Crippen molar-refractivity contribution in [1.82, 2.24) is 0 Å². The van der Waals surface area contributed by atoms with E-state index in [-0.39, 0.29) is 22.6 Å². The zero-order chi connectivity index (χ0) is 31.7. The molecule has 44 heavy (non-hydrogen) atoms. The van der Waals surface area contributed by atoms with Crippen molar-refractivity contribution in [3.63, 3.8) is 0 Å². The molecule has 0 amide bonds. The number of esters is 1. The van der Waals surface area contributed by atoms with Crippen LogP contribution in [0.3, 0.4) is 0 Å². The second-order valence-electron chi connectivity index (χ2n) is 10.6. The van der Waals surface area contributed by atoms with Gasteiger partial charge in [0.25, 0.3) is 0 Å². The zero-order valence-electron chi connectivity index (χ0n) is 25.3. The van der Waals surface area contributed by atoms with Crippen molar-refractivity contribution in [2.45, 2.75) is 71.1 Å². The summed E-state index contributed by atoms with van der Waals surface area (Å²) in [7, 11) is 0. The topological polar surface area (TPSA) is 125 Å². The van der Waals surface area contributed by atoms with Gasteiger partial charge in [-0.3, -0.25) is 10.1 Å². The predicted octanol–water partition coefficient (Wildman–Crippen LogP) is 8.80. The van der Waals surface area contributed by atoms with Crippen molar-refractivity contribution in [3.8, 4) is 28.4 Å². The lowest BCUT2D eigenvalue weighted by Gasteiger charge is -2.10. The third kappa shape index (κ3) is 11.2. The van der Waals surface area contributed by atoms with Crippen LogP contribution in [0.5, 0.6) is 17.2 Å². The third-order valence-corrected chi connectivity index (χ3v) is 7.10. The minimum Gasteiger partial charge on any atom is -0.494 e. The number of nitro benzene ring substituents is 1. The van der Waals surface area contributed by atoms with E-state index in [0.717, 1.165) is 69.1 Å². The highest BCUT2D eigenvalue weighted by molar-refractivity contribution is 5.92. The molecular weight excluding hydrogens is 562 g/mol. The van der Waals surface area contributed by atoms with Crippen LogP contribution in [0.1, 0.15) is 81.5 Å². The number of benzene rings is 3. The molecule has 3 aromatic rings. The molecule has 0 aliphatic carbocycles. The molecule has 0 heterocycles. The molecule has 9 nitrogen and oxygen atoms in total. The molecular formula is C35H41NO8. The molecule has 0 bridgehead atoms. The summed E-state index contributed by atoms with van der Waals surface area (Å²) < 4.78 is 16.9. The van der Waals surface area contributed by atoms with Gasteiger partial charge in [-0.1, -0.05) is 70.2 Å². The maximum atomic E-state index is 12.8. The van der Waals surface area contributed by atoms with Gasteiger partial charge in [0.1, 0.15) is 11.5 Å².